The molecule has 1 aliphatic heterocycles. The van der Waals surface area contributed by atoms with Gasteiger partial charge in [0.15, 0.2) is 0 Å². The van der Waals surface area contributed by atoms with Crippen molar-refractivity contribution in [1.82, 2.24) is 20.2 Å². The number of carboxylic acids is 1. The molecule has 0 radical (unpaired) electrons. The SMILES string of the molecule is Cc1cc(-c2cncc(C(=O)O)c2)nc2c1C(=O)N(c1ccn[nH]1)C2. The molecule has 8 heteroatoms. The first-order valence-corrected chi connectivity index (χ1v) is 7.55. The molecule has 8 nitrogen and oxygen atoms in total. The molecule has 3 aromatic heterocycles. The Hall–Kier alpha value is -3.55. The predicted octanol–water partition coefficient (Wildman–Crippen LogP) is 2.03. The smallest absolute Gasteiger partial charge is 0.337 e. The summed E-state index contributed by atoms with van der Waals surface area (Å²) in [7, 11) is 0. The second-order valence-corrected chi connectivity index (χ2v) is 5.75. The molecule has 2 N–H and O–H groups in total. The Labute approximate surface area is 142 Å². The summed E-state index contributed by atoms with van der Waals surface area (Å²) >= 11 is 0. The zero-order valence-corrected chi connectivity index (χ0v) is 13.2. The van der Waals surface area contributed by atoms with E-state index in [2.05, 4.69) is 20.2 Å². The van der Waals surface area contributed by atoms with Gasteiger partial charge in [-0.1, -0.05) is 0 Å². The van der Waals surface area contributed by atoms with E-state index >= 15 is 0 Å². The Bertz CT molecular complexity index is 998. The van der Waals surface area contributed by atoms with Crippen molar-refractivity contribution in [2.75, 3.05) is 4.90 Å². The van der Waals surface area contributed by atoms with E-state index in [1.807, 2.05) is 6.92 Å². The highest BCUT2D eigenvalue weighted by Crippen LogP contribution is 2.30. The van der Waals surface area contributed by atoms with Crippen molar-refractivity contribution >= 4 is 17.7 Å². The number of rotatable bonds is 3. The number of aromatic carboxylic acids is 1. The van der Waals surface area contributed by atoms with Crippen molar-refractivity contribution < 1.29 is 14.7 Å². The van der Waals surface area contributed by atoms with E-state index in [0.29, 0.717) is 34.9 Å². The number of fused-ring (bicyclic) bond motifs is 1. The summed E-state index contributed by atoms with van der Waals surface area (Å²) < 4.78 is 0. The number of aromatic amines is 1. The highest BCUT2D eigenvalue weighted by Gasteiger charge is 2.32. The van der Waals surface area contributed by atoms with Crippen molar-refractivity contribution in [2.45, 2.75) is 13.5 Å². The van der Waals surface area contributed by atoms with Crippen molar-refractivity contribution in [1.29, 1.82) is 0 Å². The number of pyridine rings is 2. The molecule has 1 amide bonds. The summed E-state index contributed by atoms with van der Waals surface area (Å²) in [5.41, 5.74) is 3.28. The van der Waals surface area contributed by atoms with Crippen molar-refractivity contribution in [3.63, 3.8) is 0 Å². The normalized spacial score (nSPS) is 13.2. The third kappa shape index (κ3) is 2.44. The van der Waals surface area contributed by atoms with Crippen molar-refractivity contribution in [2.24, 2.45) is 0 Å². The molecule has 4 heterocycles. The van der Waals surface area contributed by atoms with Gasteiger partial charge in [-0.25, -0.2) is 4.79 Å². The van der Waals surface area contributed by atoms with Crippen LogP contribution in [0, 0.1) is 6.92 Å². The first kappa shape index (κ1) is 15.0. The van der Waals surface area contributed by atoms with E-state index in [0.717, 1.165) is 5.56 Å². The quantitative estimate of drug-likeness (QED) is 0.757. The minimum atomic E-state index is -1.05. The van der Waals surface area contributed by atoms with Crippen LogP contribution in [0.5, 0.6) is 0 Å². The van der Waals surface area contributed by atoms with Gasteiger partial charge in [0.2, 0.25) is 0 Å². The van der Waals surface area contributed by atoms with Crippen LogP contribution in [0.1, 0.15) is 32.0 Å². The molecule has 25 heavy (non-hydrogen) atoms. The summed E-state index contributed by atoms with van der Waals surface area (Å²) in [6.45, 7) is 2.17. The van der Waals surface area contributed by atoms with Crippen molar-refractivity contribution in [3.05, 3.63) is 59.2 Å². The van der Waals surface area contributed by atoms with Crippen LogP contribution in [-0.2, 0) is 6.54 Å². The van der Waals surface area contributed by atoms with Gasteiger partial charge in [0.25, 0.3) is 5.91 Å². The molecule has 0 aromatic carbocycles. The maximum Gasteiger partial charge on any atom is 0.337 e. The number of nitrogens with one attached hydrogen (secondary N) is 1. The Kier molecular flexibility index (Phi) is 3.31. The van der Waals surface area contributed by atoms with Gasteiger partial charge in [-0.15, -0.1) is 0 Å². The number of anilines is 1. The van der Waals surface area contributed by atoms with Crippen LogP contribution in [0.2, 0.25) is 0 Å². The molecule has 4 rings (SSSR count). The monoisotopic (exact) mass is 335 g/mol. The Balaban J connectivity index is 1.77. The van der Waals surface area contributed by atoms with Crippen LogP contribution in [0.15, 0.2) is 36.8 Å². The van der Waals surface area contributed by atoms with Crippen LogP contribution >= 0.6 is 0 Å². The largest absolute Gasteiger partial charge is 0.478 e. The molecule has 0 atom stereocenters. The fourth-order valence-corrected chi connectivity index (χ4v) is 2.94. The standard InChI is InChI=1S/C17H13N5O3/c1-9-4-12(10-5-11(17(24)25)7-18-6-10)20-13-8-22(16(23)15(9)13)14-2-3-19-21-14/h2-7H,8H2,1H3,(H,19,21)(H,24,25). The number of aryl methyl sites for hydroxylation is 1. The third-order valence-corrected chi connectivity index (χ3v) is 4.12. The number of carbonyl (C=O) groups excluding carboxylic acids is 1. The number of hydrogen-bond acceptors (Lipinski definition) is 5. The predicted molar refractivity (Wildman–Crippen MR) is 88.3 cm³/mol. The molecule has 1 aliphatic rings. The van der Waals surface area contributed by atoms with Crippen LogP contribution in [0.25, 0.3) is 11.3 Å². The average Bonchev–Trinajstić information content (AvgIpc) is 3.23. The van der Waals surface area contributed by atoms with Gasteiger partial charge in [-0.3, -0.25) is 24.8 Å². The number of carboxylic acid groups (broad SMARTS) is 1. The molecule has 0 fully saturated rings. The summed E-state index contributed by atoms with van der Waals surface area (Å²) in [5, 5.41) is 15.8. The maximum absolute atomic E-state index is 12.7. The molecule has 124 valence electrons. The number of H-pyrrole nitrogens is 1. The number of carbonyl (C=O) groups is 2. The summed E-state index contributed by atoms with van der Waals surface area (Å²) in [6, 6.07) is 5.02. The Morgan fingerprint density at radius 3 is 2.88 bits per heavy atom. The molecule has 0 unspecified atom stereocenters. The van der Waals surface area contributed by atoms with Crippen LogP contribution in [0.4, 0.5) is 5.82 Å². The topological polar surface area (TPSA) is 112 Å². The zero-order valence-electron chi connectivity index (χ0n) is 13.2. The van der Waals surface area contributed by atoms with Gasteiger partial charge < -0.3 is 5.11 Å². The third-order valence-electron chi connectivity index (χ3n) is 4.12. The van der Waals surface area contributed by atoms with E-state index < -0.39 is 5.97 Å². The highest BCUT2D eigenvalue weighted by molar-refractivity contribution is 6.10. The Morgan fingerprint density at radius 2 is 2.16 bits per heavy atom. The molecule has 0 saturated heterocycles. The van der Waals surface area contributed by atoms with Gasteiger partial charge in [-0.05, 0) is 24.6 Å². The lowest BCUT2D eigenvalue weighted by molar-refractivity contribution is 0.0696. The summed E-state index contributed by atoms with van der Waals surface area (Å²) in [6.07, 6.45) is 4.43. The summed E-state index contributed by atoms with van der Waals surface area (Å²) in [4.78, 5) is 33.9. The molecule has 0 aliphatic carbocycles. The Morgan fingerprint density at radius 1 is 1.32 bits per heavy atom. The number of hydrogen-bond donors (Lipinski definition) is 2. The van der Waals surface area contributed by atoms with Gasteiger partial charge >= 0.3 is 5.97 Å². The zero-order chi connectivity index (χ0) is 17.6. The van der Waals surface area contributed by atoms with E-state index in [4.69, 9.17) is 5.11 Å². The second-order valence-electron chi connectivity index (χ2n) is 5.75. The molecular weight excluding hydrogens is 322 g/mol. The van der Waals surface area contributed by atoms with Gasteiger partial charge in [0.05, 0.1) is 35.3 Å². The van der Waals surface area contributed by atoms with Crippen LogP contribution in [-0.4, -0.2) is 37.1 Å². The van der Waals surface area contributed by atoms with Crippen LogP contribution < -0.4 is 4.90 Å². The fourth-order valence-electron chi connectivity index (χ4n) is 2.94. The number of aromatic nitrogens is 4. The lowest BCUT2D eigenvalue weighted by Gasteiger charge is -2.11. The lowest BCUT2D eigenvalue weighted by atomic mass is 10.0. The van der Waals surface area contributed by atoms with Gasteiger partial charge in [0, 0.05) is 24.0 Å². The minimum Gasteiger partial charge on any atom is -0.478 e. The summed E-state index contributed by atoms with van der Waals surface area (Å²) in [5.74, 6) is -0.570. The first-order chi connectivity index (χ1) is 12.0. The fraction of sp³-hybridized carbons (Fsp3) is 0.118. The molecule has 0 saturated carbocycles. The second kappa shape index (κ2) is 5.52. The maximum atomic E-state index is 12.7. The molecule has 0 bridgehead atoms. The van der Waals surface area contributed by atoms with E-state index in [-0.39, 0.29) is 11.5 Å². The van der Waals surface area contributed by atoms with Gasteiger partial charge in [-0.2, -0.15) is 5.10 Å². The van der Waals surface area contributed by atoms with Crippen molar-refractivity contribution in [3.8, 4) is 11.3 Å². The lowest BCUT2D eigenvalue weighted by Crippen LogP contribution is -2.23. The van der Waals surface area contributed by atoms with E-state index in [9.17, 15) is 9.59 Å². The molecule has 3 aromatic rings. The van der Waals surface area contributed by atoms with Crippen LogP contribution in [0.3, 0.4) is 0 Å². The van der Waals surface area contributed by atoms with E-state index in [1.54, 1.807) is 29.4 Å². The van der Waals surface area contributed by atoms with Gasteiger partial charge in [0.1, 0.15) is 5.82 Å². The highest BCUT2D eigenvalue weighted by atomic mass is 16.4. The minimum absolute atomic E-state index is 0.0904. The average molecular weight is 335 g/mol. The molecular formula is C17H13N5O3. The number of nitrogens with zero attached hydrogens (tertiary/aromatic N) is 4. The van der Waals surface area contributed by atoms with E-state index in [1.165, 1.54) is 12.3 Å². The first-order valence-electron chi connectivity index (χ1n) is 7.55. The molecule has 0 spiro atoms. The number of amides is 1.